The molecule has 0 aliphatic carbocycles. The molecule has 1 saturated heterocycles. The average Bonchev–Trinajstić information content (AvgIpc) is 3.00. The minimum Gasteiger partial charge on any atom is -0.444 e. The van der Waals surface area contributed by atoms with Gasteiger partial charge in [-0.1, -0.05) is 12.1 Å². The maximum absolute atomic E-state index is 14.9. The van der Waals surface area contributed by atoms with Crippen molar-refractivity contribution in [2.75, 3.05) is 13.1 Å². The third kappa shape index (κ3) is 3.95. The van der Waals surface area contributed by atoms with Gasteiger partial charge in [-0.05, 0) is 51.2 Å². The largest absolute Gasteiger partial charge is 0.444 e. The summed E-state index contributed by atoms with van der Waals surface area (Å²) in [5.41, 5.74) is 0.148. The summed E-state index contributed by atoms with van der Waals surface area (Å²) in [6.45, 7) is 6.48. The molecule has 0 atom stereocenters. The van der Waals surface area contributed by atoms with Crippen molar-refractivity contribution in [3.63, 3.8) is 0 Å². The highest BCUT2D eigenvalue weighted by Gasteiger charge is 2.29. The van der Waals surface area contributed by atoms with E-state index in [1.54, 1.807) is 17.0 Å². The van der Waals surface area contributed by atoms with Gasteiger partial charge in [0, 0.05) is 13.1 Å². The number of benzene rings is 1. The van der Waals surface area contributed by atoms with E-state index in [9.17, 15) is 14.0 Å². The zero-order valence-electron chi connectivity index (χ0n) is 15.0. The first kappa shape index (κ1) is 18.2. The zero-order chi connectivity index (χ0) is 18.9. The van der Waals surface area contributed by atoms with E-state index in [-0.39, 0.29) is 23.5 Å². The van der Waals surface area contributed by atoms with Crippen molar-refractivity contribution in [3.05, 3.63) is 40.1 Å². The monoisotopic (exact) mass is 363 g/mol. The summed E-state index contributed by atoms with van der Waals surface area (Å²) in [5, 5.41) is 5.82. The highest BCUT2D eigenvalue weighted by atomic mass is 19.1. The lowest BCUT2D eigenvalue weighted by molar-refractivity contribution is 0.0204. The Morgan fingerprint density at radius 2 is 2.04 bits per heavy atom. The van der Waals surface area contributed by atoms with Crippen LogP contribution >= 0.6 is 0 Å². The first-order valence-electron chi connectivity index (χ1n) is 8.57. The molecule has 0 radical (unpaired) electrons. The summed E-state index contributed by atoms with van der Waals surface area (Å²) >= 11 is 0. The Balaban J connectivity index is 1.72. The number of nitrogens with zero attached hydrogens (tertiary/aromatic N) is 2. The van der Waals surface area contributed by atoms with E-state index in [2.05, 4.69) is 10.2 Å². The van der Waals surface area contributed by atoms with Gasteiger partial charge in [0.1, 0.15) is 11.4 Å². The fraction of sp³-hybridized carbons (Fsp3) is 0.500. The summed E-state index contributed by atoms with van der Waals surface area (Å²) in [4.78, 5) is 24.9. The van der Waals surface area contributed by atoms with Crippen LogP contribution in [0, 0.1) is 5.82 Å². The van der Waals surface area contributed by atoms with Gasteiger partial charge in [-0.15, -0.1) is 5.10 Å². The molecule has 26 heavy (non-hydrogen) atoms. The molecule has 0 bridgehead atoms. The van der Waals surface area contributed by atoms with E-state index >= 15 is 0 Å². The van der Waals surface area contributed by atoms with Gasteiger partial charge in [-0.3, -0.25) is 0 Å². The number of likely N-dealkylation sites (tertiary alicyclic amines) is 1. The maximum Gasteiger partial charge on any atom is 0.434 e. The van der Waals surface area contributed by atoms with E-state index < -0.39 is 17.2 Å². The molecule has 0 spiro atoms. The van der Waals surface area contributed by atoms with Crippen molar-refractivity contribution in [2.45, 2.75) is 45.1 Å². The van der Waals surface area contributed by atoms with Crippen molar-refractivity contribution in [2.24, 2.45) is 0 Å². The predicted molar refractivity (Wildman–Crippen MR) is 92.3 cm³/mol. The van der Waals surface area contributed by atoms with Crippen molar-refractivity contribution >= 4 is 6.09 Å². The smallest absolute Gasteiger partial charge is 0.434 e. The molecule has 8 heteroatoms. The van der Waals surface area contributed by atoms with Gasteiger partial charge < -0.3 is 14.1 Å². The SMILES string of the molecule is CC(C)(C)OC(=O)N1CCC(c2cccc(-c3n[nH]c(=O)o3)c2F)CC1. The molecule has 0 unspecified atom stereocenters. The van der Waals surface area contributed by atoms with Crippen molar-refractivity contribution in [3.8, 4) is 11.5 Å². The molecule has 0 saturated carbocycles. The fourth-order valence-corrected chi connectivity index (χ4v) is 3.07. The molecule has 1 fully saturated rings. The topological polar surface area (TPSA) is 88.4 Å². The van der Waals surface area contributed by atoms with Gasteiger partial charge in [0.15, 0.2) is 0 Å². The minimum absolute atomic E-state index is 0.0284. The lowest BCUT2D eigenvalue weighted by atomic mass is 9.88. The Morgan fingerprint density at radius 1 is 1.35 bits per heavy atom. The molecule has 3 rings (SSSR count). The third-order valence-corrected chi connectivity index (χ3v) is 4.28. The highest BCUT2D eigenvalue weighted by Crippen LogP contribution is 2.33. The van der Waals surface area contributed by atoms with Crippen molar-refractivity contribution < 1.29 is 18.3 Å². The number of halogens is 1. The lowest BCUT2D eigenvalue weighted by Gasteiger charge is -2.33. The van der Waals surface area contributed by atoms with Crippen LogP contribution in [0.2, 0.25) is 0 Å². The average molecular weight is 363 g/mol. The Morgan fingerprint density at radius 3 is 2.62 bits per heavy atom. The number of carbonyl (C=O) groups is 1. The number of piperidine rings is 1. The lowest BCUT2D eigenvalue weighted by Crippen LogP contribution is -2.41. The molecule has 140 valence electrons. The van der Waals surface area contributed by atoms with Crippen LogP contribution in [0.25, 0.3) is 11.5 Å². The summed E-state index contributed by atoms with van der Waals surface area (Å²) < 4.78 is 25.1. The molecule has 1 aliphatic heterocycles. The van der Waals surface area contributed by atoms with Crippen LogP contribution in [-0.2, 0) is 4.74 Å². The van der Waals surface area contributed by atoms with Crippen LogP contribution in [0.4, 0.5) is 9.18 Å². The third-order valence-electron chi connectivity index (χ3n) is 4.28. The van der Waals surface area contributed by atoms with E-state index in [0.29, 0.717) is 31.5 Å². The number of rotatable bonds is 2. The number of aromatic amines is 1. The van der Waals surface area contributed by atoms with Gasteiger partial charge in [0.05, 0.1) is 5.56 Å². The van der Waals surface area contributed by atoms with E-state index in [0.717, 1.165) is 0 Å². The fourth-order valence-electron chi connectivity index (χ4n) is 3.07. The molecular formula is C18H22FN3O4. The number of carbonyl (C=O) groups excluding carboxylic acids is 1. The highest BCUT2D eigenvalue weighted by molar-refractivity contribution is 5.68. The first-order valence-corrected chi connectivity index (χ1v) is 8.57. The Kier molecular flexibility index (Phi) is 4.84. The Hall–Kier alpha value is -2.64. The van der Waals surface area contributed by atoms with Crippen LogP contribution in [0.3, 0.4) is 0 Å². The van der Waals surface area contributed by atoms with Crippen LogP contribution in [0.1, 0.15) is 45.1 Å². The van der Waals surface area contributed by atoms with Crippen molar-refractivity contribution in [1.29, 1.82) is 0 Å². The molecule has 1 aromatic heterocycles. The molecule has 1 amide bonds. The number of amides is 1. The first-order chi connectivity index (χ1) is 12.2. The van der Waals surface area contributed by atoms with Gasteiger partial charge in [-0.2, -0.15) is 0 Å². The number of aromatic nitrogens is 2. The molecule has 2 heterocycles. The quantitative estimate of drug-likeness (QED) is 0.884. The van der Waals surface area contributed by atoms with Gasteiger partial charge in [0.2, 0.25) is 0 Å². The van der Waals surface area contributed by atoms with Gasteiger partial charge in [0.25, 0.3) is 5.89 Å². The Labute approximate surface area is 150 Å². The molecule has 1 aromatic carbocycles. The summed E-state index contributed by atoms with van der Waals surface area (Å²) in [5.74, 6) is -1.27. The zero-order valence-corrected chi connectivity index (χ0v) is 15.0. The normalized spacial score (nSPS) is 15.9. The molecule has 7 nitrogen and oxygen atoms in total. The number of nitrogens with one attached hydrogen (secondary N) is 1. The molecule has 1 N–H and O–H groups in total. The maximum atomic E-state index is 14.9. The minimum atomic E-state index is -0.726. The molecule has 2 aromatic rings. The Bertz CT molecular complexity index is 845. The number of hydrogen-bond acceptors (Lipinski definition) is 5. The van der Waals surface area contributed by atoms with Crippen LogP contribution in [0.15, 0.2) is 27.4 Å². The van der Waals surface area contributed by atoms with E-state index in [1.807, 2.05) is 20.8 Å². The number of hydrogen-bond donors (Lipinski definition) is 1. The molecule has 1 aliphatic rings. The summed E-state index contributed by atoms with van der Waals surface area (Å²) in [7, 11) is 0. The second-order valence-corrected chi connectivity index (χ2v) is 7.37. The predicted octanol–water partition coefficient (Wildman–Crippen LogP) is 3.28. The second kappa shape index (κ2) is 6.93. The number of ether oxygens (including phenoxy) is 1. The van der Waals surface area contributed by atoms with Gasteiger partial charge in [-0.25, -0.2) is 19.1 Å². The second-order valence-electron chi connectivity index (χ2n) is 7.37. The standard InChI is InChI=1S/C18H22FN3O4/c1-18(2,3)26-17(24)22-9-7-11(8-10-22)12-5-4-6-13(14(12)19)15-20-21-16(23)25-15/h4-6,11H,7-10H2,1-3H3,(H,21,23). The van der Waals surface area contributed by atoms with Crippen LogP contribution in [0.5, 0.6) is 0 Å². The number of H-pyrrole nitrogens is 1. The summed E-state index contributed by atoms with van der Waals surface area (Å²) in [6, 6.07) is 4.95. The van der Waals surface area contributed by atoms with Crippen LogP contribution < -0.4 is 5.76 Å². The van der Waals surface area contributed by atoms with Gasteiger partial charge >= 0.3 is 11.8 Å². The van der Waals surface area contributed by atoms with E-state index in [1.165, 1.54) is 6.07 Å². The van der Waals surface area contributed by atoms with E-state index in [4.69, 9.17) is 9.15 Å². The van der Waals surface area contributed by atoms with Crippen LogP contribution in [-0.4, -0.2) is 39.9 Å². The summed E-state index contributed by atoms with van der Waals surface area (Å²) in [6.07, 6.45) is 0.914. The molecular weight excluding hydrogens is 341 g/mol. The van der Waals surface area contributed by atoms with Crippen molar-refractivity contribution in [1.82, 2.24) is 15.1 Å².